The van der Waals surface area contributed by atoms with Crippen LogP contribution in [0.1, 0.15) is 11.6 Å². The minimum atomic E-state index is -0.614. The Kier molecular flexibility index (Phi) is 4.84. The second-order valence-corrected chi connectivity index (χ2v) is 6.48. The van der Waals surface area contributed by atoms with Crippen LogP contribution >= 0.6 is 11.6 Å². The van der Waals surface area contributed by atoms with Crippen molar-refractivity contribution in [1.29, 1.82) is 0 Å². The van der Waals surface area contributed by atoms with E-state index in [1.165, 1.54) is 11.0 Å². The molecule has 1 atom stereocenters. The zero-order valence-corrected chi connectivity index (χ0v) is 15.1. The molecule has 2 aromatic heterocycles. The van der Waals surface area contributed by atoms with Crippen LogP contribution < -0.4 is 5.32 Å². The number of rotatable bonds is 6. The third-order valence-electron chi connectivity index (χ3n) is 4.41. The van der Waals surface area contributed by atoms with E-state index in [2.05, 4.69) is 25.4 Å². The number of nitrogens with zero attached hydrogens (tertiary/aromatic N) is 5. The van der Waals surface area contributed by atoms with Gasteiger partial charge in [-0.25, -0.2) is 4.68 Å². The van der Waals surface area contributed by atoms with Crippen molar-refractivity contribution in [2.24, 2.45) is 0 Å². The van der Waals surface area contributed by atoms with Gasteiger partial charge in [0.25, 0.3) is 0 Å². The summed E-state index contributed by atoms with van der Waals surface area (Å²) in [5, 5.41) is 15.9. The molecular weight excluding hydrogens is 364 g/mol. The van der Waals surface area contributed by atoms with Gasteiger partial charge in [-0.2, -0.15) is 0 Å². The van der Waals surface area contributed by atoms with Crippen molar-refractivity contribution in [3.8, 4) is 0 Å². The molecule has 7 nitrogen and oxygen atoms in total. The second-order valence-electron chi connectivity index (χ2n) is 6.08. The Morgan fingerprint density at radius 1 is 1.11 bits per heavy atom. The average Bonchev–Trinajstić information content (AvgIpc) is 3.34. The summed E-state index contributed by atoms with van der Waals surface area (Å²) in [4.78, 5) is 12.8. The first-order valence-electron chi connectivity index (χ1n) is 8.52. The highest BCUT2D eigenvalue weighted by Crippen LogP contribution is 2.24. The Hall–Kier alpha value is -3.19. The number of benzene rings is 2. The highest BCUT2D eigenvalue weighted by molar-refractivity contribution is 6.35. The molecule has 8 heteroatoms. The van der Waals surface area contributed by atoms with Crippen LogP contribution in [0.3, 0.4) is 0 Å². The van der Waals surface area contributed by atoms with Gasteiger partial charge < -0.3 is 9.88 Å². The summed E-state index contributed by atoms with van der Waals surface area (Å²) in [6.45, 7) is 1.10. The van der Waals surface area contributed by atoms with Crippen molar-refractivity contribution in [1.82, 2.24) is 30.1 Å². The van der Waals surface area contributed by atoms with Crippen LogP contribution in [-0.2, 0) is 11.3 Å². The Morgan fingerprint density at radius 2 is 1.96 bits per heavy atom. The van der Waals surface area contributed by atoms with Gasteiger partial charge in [0.1, 0.15) is 6.33 Å². The van der Waals surface area contributed by atoms with E-state index < -0.39 is 6.04 Å². The van der Waals surface area contributed by atoms with Crippen LogP contribution in [0.4, 0.5) is 0 Å². The third kappa shape index (κ3) is 3.54. The Labute approximate surface area is 160 Å². The van der Waals surface area contributed by atoms with Gasteiger partial charge in [0.05, 0.1) is 0 Å². The third-order valence-corrected chi connectivity index (χ3v) is 4.74. The predicted octanol–water partition coefficient (Wildman–Crippen LogP) is 2.69. The SMILES string of the molecule is O=C(NCCn1ccc2c(Cl)cccc21)C(c1ccccc1)n1cnnn1. The van der Waals surface area contributed by atoms with Gasteiger partial charge in [-0.05, 0) is 34.2 Å². The van der Waals surface area contributed by atoms with Gasteiger partial charge in [-0.1, -0.05) is 48.0 Å². The maximum atomic E-state index is 12.8. The van der Waals surface area contributed by atoms with Crippen LogP contribution in [0.5, 0.6) is 0 Å². The van der Waals surface area contributed by atoms with Gasteiger partial charge in [-0.15, -0.1) is 5.10 Å². The van der Waals surface area contributed by atoms with Gasteiger partial charge in [0.15, 0.2) is 6.04 Å². The Bertz CT molecular complexity index is 1040. The molecule has 0 spiro atoms. The van der Waals surface area contributed by atoms with E-state index in [9.17, 15) is 4.79 Å². The van der Waals surface area contributed by atoms with E-state index >= 15 is 0 Å². The number of halogens is 1. The number of hydrogen-bond acceptors (Lipinski definition) is 4. The first kappa shape index (κ1) is 17.2. The number of carbonyl (C=O) groups excluding carboxylic acids is 1. The van der Waals surface area contributed by atoms with Crippen molar-refractivity contribution in [3.05, 3.63) is 77.7 Å². The smallest absolute Gasteiger partial charge is 0.249 e. The molecule has 27 heavy (non-hydrogen) atoms. The van der Waals surface area contributed by atoms with E-state index in [-0.39, 0.29) is 5.91 Å². The number of nitrogens with one attached hydrogen (secondary N) is 1. The summed E-state index contributed by atoms with van der Waals surface area (Å²) in [5.41, 5.74) is 1.86. The van der Waals surface area contributed by atoms with E-state index in [0.29, 0.717) is 13.1 Å². The first-order valence-corrected chi connectivity index (χ1v) is 8.90. The molecule has 0 bridgehead atoms. The molecule has 0 fully saturated rings. The average molecular weight is 381 g/mol. The van der Waals surface area contributed by atoms with Crippen LogP contribution in [0.2, 0.25) is 5.02 Å². The standard InChI is InChI=1S/C19H17ClN6O/c20-16-7-4-8-17-15(16)9-11-25(17)12-10-21-19(27)18(26-13-22-23-24-26)14-5-2-1-3-6-14/h1-9,11,13,18H,10,12H2,(H,21,27). The van der Waals surface area contributed by atoms with Crippen LogP contribution in [0, 0.1) is 0 Å². The van der Waals surface area contributed by atoms with E-state index in [1.807, 2.05) is 60.8 Å². The normalized spacial score (nSPS) is 12.2. The number of amides is 1. The molecule has 4 aromatic rings. The molecule has 0 radical (unpaired) electrons. The molecule has 2 heterocycles. The minimum absolute atomic E-state index is 0.164. The predicted molar refractivity (Wildman–Crippen MR) is 102 cm³/mol. The monoisotopic (exact) mass is 380 g/mol. The first-order chi connectivity index (χ1) is 13.2. The molecule has 4 rings (SSSR count). The lowest BCUT2D eigenvalue weighted by atomic mass is 10.1. The van der Waals surface area contributed by atoms with Gasteiger partial charge in [0, 0.05) is 35.2 Å². The zero-order valence-electron chi connectivity index (χ0n) is 14.4. The fourth-order valence-corrected chi connectivity index (χ4v) is 3.36. The van der Waals surface area contributed by atoms with E-state index in [4.69, 9.17) is 11.6 Å². The Morgan fingerprint density at radius 3 is 2.74 bits per heavy atom. The quantitative estimate of drug-likeness (QED) is 0.558. The summed E-state index contributed by atoms with van der Waals surface area (Å²) in [5.74, 6) is -0.164. The summed E-state index contributed by atoms with van der Waals surface area (Å²) < 4.78 is 3.52. The van der Waals surface area contributed by atoms with Crippen molar-refractivity contribution in [2.45, 2.75) is 12.6 Å². The molecular formula is C19H17ClN6O. The molecule has 0 aliphatic rings. The fourth-order valence-electron chi connectivity index (χ4n) is 3.12. The van der Waals surface area contributed by atoms with Gasteiger partial charge in [-0.3, -0.25) is 4.79 Å². The number of tetrazole rings is 1. The molecule has 136 valence electrons. The minimum Gasteiger partial charge on any atom is -0.352 e. The van der Waals surface area contributed by atoms with Crippen molar-refractivity contribution >= 4 is 28.4 Å². The molecule has 2 aromatic carbocycles. The summed E-state index contributed by atoms with van der Waals surface area (Å²) >= 11 is 6.22. The highest BCUT2D eigenvalue weighted by atomic mass is 35.5. The second kappa shape index (κ2) is 7.59. The Balaban J connectivity index is 1.48. The van der Waals surface area contributed by atoms with Crippen molar-refractivity contribution in [3.63, 3.8) is 0 Å². The fraction of sp³-hybridized carbons (Fsp3) is 0.158. The summed E-state index contributed by atoms with van der Waals surface area (Å²) in [6.07, 6.45) is 3.41. The van der Waals surface area contributed by atoms with Gasteiger partial charge in [0.2, 0.25) is 5.91 Å². The van der Waals surface area contributed by atoms with E-state index in [1.54, 1.807) is 0 Å². The number of aromatic nitrogens is 5. The summed E-state index contributed by atoms with van der Waals surface area (Å²) in [7, 11) is 0. The lowest BCUT2D eigenvalue weighted by Gasteiger charge is -2.17. The summed E-state index contributed by atoms with van der Waals surface area (Å²) in [6, 6.07) is 16.6. The zero-order chi connectivity index (χ0) is 18.6. The maximum absolute atomic E-state index is 12.8. The molecule has 1 unspecified atom stereocenters. The molecule has 1 N–H and O–H groups in total. The van der Waals surface area contributed by atoms with Crippen molar-refractivity contribution in [2.75, 3.05) is 6.54 Å². The maximum Gasteiger partial charge on any atom is 0.249 e. The molecule has 0 aliphatic carbocycles. The number of carbonyl (C=O) groups is 1. The molecule has 0 saturated carbocycles. The highest BCUT2D eigenvalue weighted by Gasteiger charge is 2.23. The van der Waals surface area contributed by atoms with Gasteiger partial charge >= 0.3 is 0 Å². The largest absolute Gasteiger partial charge is 0.352 e. The lowest BCUT2D eigenvalue weighted by Crippen LogP contribution is -2.35. The van der Waals surface area contributed by atoms with Crippen LogP contribution in [-0.4, -0.2) is 37.2 Å². The van der Waals surface area contributed by atoms with Crippen LogP contribution in [0.25, 0.3) is 10.9 Å². The lowest BCUT2D eigenvalue weighted by molar-refractivity contribution is -0.123. The topological polar surface area (TPSA) is 77.6 Å². The van der Waals surface area contributed by atoms with Crippen LogP contribution in [0.15, 0.2) is 67.1 Å². The molecule has 0 saturated heterocycles. The van der Waals surface area contributed by atoms with Crippen molar-refractivity contribution < 1.29 is 4.79 Å². The number of hydrogen-bond donors (Lipinski definition) is 1. The molecule has 0 aliphatic heterocycles. The number of fused-ring (bicyclic) bond motifs is 1. The molecule has 1 amide bonds. The van der Waals surface area contributed by atoms with E-state index in [0.717, 1.165) is 21.5 Å².